The summed E-state index contributed by atoms with van der Waals surface area (Å²) in [7, 11) is 0. The number of amides is 1. The Bertz CT molecular complexity index is 990. The SMILES string of the molecule is Cc1cc2c(SCC(=O)NC3[C@@H]4CC[C@H]3CN(Cc3ccn[nH]3)C4)ncnc2s1. The highest BCUT2D eigenvalue weighted by Gasteiger charge is 2.42. The highest BCUT2D eigenvalue weighted by molar-refractivity contribution is 8.00. The topological polar surface area (TPSA) is 86.8 Å². The number of hydrogen-bond acceptors (Lipinski definition) is 7. The molecule has 2 fully saturated rings. The molecule has 0 aromatic carbocycles. The molecular weight excluding hydrogens is 404 g/mol. The molecule has 2 bridgehead atoms. The average Bonchev–Trinajstić information content (AvgIpc) is 3.39. The Kier molecular flexibility index (Phi) is 5.28. The molecule has 3 atom stereocenters. The number of piperidine rings is 1. The lowest BCUT2D eigenvalue weighted by atomic mass is 9.92. The van der Waals surface area contributed by atoms with Gasteiger partial charge in [-0.05, 0) is 43.7 Å². The minimum atomic E-state index is 0.109. The lowest BCUT2D eigenvalue weighted by Gasteiger charge is -2.38. The predicted molar refractivity (Wildman–Crippen MR) is 115 cm³/mol. The molecule has 2 N–H and O–H groups in total. The number of carbonyl (C=O) groups excluding carboxylic acids is 1. The Hall–Kier alpha value is -1.97. The van der Waals surface area contributed by atoms with E-state index < -0.39 is 0 Å². The third-order valence-corrected chi connectivity index (χ3v) is 7.91. The van der Waals surface area contributed by atoms with E-state index in [0.29, 0.717) is 23.6 Å². The summed E-state index contributed by atoms with van der Waals surface area (Å²) in [5.74, 6) is 1.58. The maximum Gasteiger partial charge on any atom is 0.230 e. The van der Waals surface area contributed by atoms with Crippen LogP contribution in [0.15, 0.2) is 29.7 Å². The van der Waals surface area contributed by atoms with Crippen molar-refractivity contribution in [2.24, 2.45) is 11.8 Å². The highest BCUT2D eigenvalue weighted by atomic mass is 32.2. The van der Waals surface area contributed by atoms with E-state index in [-0.39, 0.29) is 5.91 Å². The van der Waals surface area contributed by atoms with Crippen LogP contribution in [0.2, 0.25) is 0 Å². The number of aromatic amines is 1. The van der Waals surface area contributed by atoms with Crippen molar-refractivity contribution in [1.29, 1.82) is 0 Å². The first kappa shape index (κ1) is 19.0. The zero-order valence-corrected chi connectivity index (χ0v) is 17.9. The van der Waals surface area contributed by atoms with Gasteiger partial charge in [-0.3, -0.25) is 14.8 Å². The number of hydrogen-bond donors (Lipinski definition) is 2. The molecule has 1 saturated heterocycles. The molecule has 0 radical (unpaired) electrons. The second-order valence-electron chi connectivity index (χ2n) is 8.01. The van der Waals surface area contributed by atoms with Crippen molar-refractivity contribution in [3.63, 3.8) is 0 Å². The Balaban J connectivity index is 1.17. The molecule has 29 heavy (non-hydrogen) atoms. The fourth-order valence-corrected chi connectivity index (χ4v) is 6.42. The molecule has 7 nitrogen and oxygen atoms in total. The van der Waals surface area contributed by atoms with Crippen molar-refractivity contribution in [3.8, 4) is 0 Å². The van der Waals surface area contributed by atoms with Crippen molar-refractivity contribution in [2.45, 2.75) is 37.4 Å². The molecule has 3 aromatic heterocycles. The Labute approximate surface area is 177 Å². The average molecular weight is 429 g/mol. The smallest absolute Gasteiger partial charge is 0.230 e. The summed E-state index contributed by atoms with van der Waals surface area (Å²) in [5.41, 5.74) is 1.16. The lowest BCUT2D eigenvalue weighted by molar-refractivity contribution is -0.120. The normalized spacial score (nSPS) is 24.2. The first-order valence-corrected chi connectivity index (χ1v) is 11.8. The fourth-order valence-electron chi connectivity index (χ4n) is 4.73. The van der Waals surface area contributed by atoms with E-state index in [1.165, 1.54) is 29.5 Å². The molecule has 1 aliphatic heterocycles. The summed E-state index contributed by atoms with van der Waals surface area (Å²) < 4.78 is 0. The number of fused-ring (bicyclic) bond motifs is 3. The highest BCUT2D eigenvalue weighted by Crippen LogP contribution is 2.37. The van der Waals surface area contributed by atoms with E-state index in [2.05, 4.69) is 43.4 Å². The standard InChI is InChI=1S/C20H24N6OS2/c1-12-6-16-19(21-11-22-20(16)29-12)28-10-17(27)24-18-13-2-3-14(18)8-26(7-13)9-15-4-5-23-25-15/h4-6,11,13-14,18H,2-3,7-10H2,1H3,(H,23,25)(H,24,27)/t13-,14+,18?. The van der Waals surface area contributed by atoms with Crippen LogP contribution < -0.4 is 5.32 Å². The molecule has 152 valence electrons. The quantitative estimate of drug-likeness (QED) is 0.464. The van der Waals surface area contributed by atoms with Crippen molar-refractivity contribution < 1.29 is 4.79 Å². The van der Waals surface area contributed by atoms with Crippen LogP contribution in [0.1, 0.15) is 23.4 Å². The van der Waals surface area contributed by atoms with Crippen LogP contribution >= 0.6 is 23.1 Å². The Morgan fingerprint density at radius 2 is 2.17 bits per heavy atom. The van der Waals surface area contributed by atoms with E-state index in [0.717, 1.165) is 40.6 Å². The summed E-state index contributed by atoms with van der Waals surface area (Å²) >= 11 is 3.17. The Morgan fingerprint density at radius 3 is 2.93 bits per heavy atom. The van der Waals surface area contributed by atoms with Gasteiger partial charge < -0.3 is 5.32 Å². The molecule has 9 heteroatoms. The summed E-state index contributed by atoms with van der Waals surface area (Å²) in [6.45, 7) is 5.05. The maximum absolute atomic E-state index is 12.7. The van der Waals surface area contributed by atoms with Gasteiger partial charge in [-0.1, -0.05) is 11.8 Å². The first-order chi connectivity index (χ1) is 14.2. The zero-order chi connectivity index (χ0) is 19.8. The largest absolute Gasteiger partial charge is 0.352 e. The van der Waals surface area contributed by atoms with Gasteiger partial charge in [0.15, 0.2) is 0 Å². The van der Waals surface area contributed by atoms with E-state index in [4.69, 9.17) is 0 Å². The molecule has 1 amide bonds. The molecule has 5 rings (SSSR count). The van der Waals surface area contributed by atoms with Gasteiger partial charge in [0.25, 0.3) is 0 Å². The van der Waals surface area contributed by atoms with Crippen LogP contribution in [-0.4, -0.2) is 55.9 Å². The number of rotatable bonds is 6. The van der Waals surface area contributed by atoms with E-state index >= 15 is 0 Å². The molecule has 1 unspecified atom stereocenters. The summed E-state index contributed by atoms with van der Waals surface area (Å²) in [6, 6.07) is 4.44. The molecular formula is C20H24N6OS2. The molecule has 2 aliphatic rings. The van der Waals surface area contributed by atoms with Crippen LogP contribution in [-0.2, 0) is 11.3 Å². The molecule has 1 saturated carbocycles. The third kappa shape index (κ3) is 4.04. The summed E-state index contributed by atoms with van der Waals surface area (Å²) in [5, 5.41) is 12.4. The number of carbonyl (C=O) groups is 1. The number of nitrogens with one attached hydrogen (secondary N) is 2. The zero-order valence-electron chi connectivity index (χ0n) is 16.3. The minimum Gasteiger partial charge on any atom is -0.352 e. The van der Waals surface area contributed by atoms with Gasteiger partial charge >= 0.3 is 0 Å². The Morgan fingerprint density at radius 1 is 1.34 bits per heavy atom. The van der Waals surface area contributed by atoms with Gasteiger partial charge in [-0.2, -0.15) is 5.10 Å². The van der Waals surface area contributed by atoms with Crippen LogP contribution in [0.3, 0.4) is 0 Å². The van der Waals surface area contributed by atoms with Gasteiger partial charge in [0, 0.05) is 47.8 Å². The van der Waals surface area contributed by atoms with Gasteiger partial charge in [-0.15, -0.1) is 11.3 Å². The monoisotopic (exact) mass is 428 g/mol. The summed E-state index contributed by atoms with van der Waals surface area (Å²) in [4.78, 5) is 26.1. The van der Waals surface area contributed by atoms with Crippen LogP contribution in [0.25, 0.3) is 10.2 Å². The van der Waals surface area contributed by atoms with Crippen molar-refractivity contribution in [3.05, 3.63) is 35.2 Å². The second kappa shape index (κ2) is 8.04. The molecule has 4 heterocycles. The first-order valence-electron chi connectivity index (χ1n) is 9.99. The number of aryl methyl sites for hydroxylation is 1. The lowest BCUT2D eigenvalue weighted by Crippen LogP contribution is -2.52. The third-order valence-electron chi connectivity index (χ3n) is 5.95. The molecule has 1 aliphatic carbocycles. The molecule has 3 aromatic rings. The number of thiophene rings is 1. The number of aromatic nitrogens is 4. The predicted octanol–water partition coefficient (Wildman–Crippen LogP) is 2.84. The van der Waals surface area contributed by atoms with Gasteiger partial charge in [0.2, 0.25) is 5.91 Å². The maximum atomic E-state index is 12.7. The number of H-pyrrole nitrogens is 1. The van der Waals surface area contributed by atoms with Gasteiger partial charge in [0.1, 0.15) is 16.2 Å². The number of thioether (sulfide) groups is 1. The van der Waals surface area contributed by atoms with Crippen LogP contribution in [0, 0.1) is 18.8 Å². The van der Waals surface area contributed by atoms with Crippen molar-refractivity contribution in [1.82, 2.24) is 30.4 Å². The number of nitrogens with zero attached hydrogens (tertiary/aromatic N) is 4. The second-order valence-corrected chi connectivity index (χ2v) is 10.2. The van der Waals surface area contributed by atoms with Crippen LogP contribution in [0.4, 0.5) is 0 Å². The van der Waals surface area contributed by atoms with Crippen molar-refractivity contribution >= 4 is 39.2 Å². The minimum absolute atomic E-state index is 0.109. The van der Waals surface area contributed by atoms with E-state index in [9.17, 15) is 4.79 Å². The van der Waals surface area contributed by atoms with Crippen molar-refractivity contribution in [2.75, 3.05) is 18.8 Å². The van der Waals surface area contributed by atoms with Crippen LogP contribution in [0.5, 0.6) is 0 Å². The number of likely N-dealkylation sites (tertiary alicyclic amines) is 1. The van der Waals surface area contributed by atoms with E-state index in [1.54, 1.807) is 23.9 Å². The summed E-state index contributed by atoms with van der Waals surface area (Å²) in [6.07, 6.45) is 5.79. The van der Waals surface area contributed by atoms with Gasteiger partial charge in [0.05, 0.1) is 5.75 Å². The fraction of sp³-hybridized carbons (Fsp3) is 0.500. The van der Waals surface area contributed by atoms with E-state index in [1.807, 2.05) is 6.07 Å². The molecule has 0 spiro atoms. The van der Waals surface area contributed by atoms with Gasteiger partial charge in [-0.25, -0.2) is 9.97 Å².